The molecule has 34 heavy (non-hydrogen) atoms. The highest BCUT2D eigenvalue weighted by molar-refractivity contribution is 5.76. The lowest BCUT2D eigenvalue weighted by Crippen LogP contribution is -2.65. The Balaban J connectivity index is 1.82. The number of hydrogen-bond donors (Lipinski definition) is 3. The monoisotopic (exact) mass is 473 g/mol. The van der Waals surface area contributed by atoms with E-state index < -0.39 is 17.5 Å². The third kappa shape index (κ3) is 3.48. The number of carbonyl (C=O) groups is 1. The van der Waals surface area contributed by atoms with Crippen LogP contribution in [0.15, 0.2) is 11.6 Å². The van der Waals surface area contributed by atoms with Gasteiger partial charge >= 0.3 is 5.97 Å². The molecule has 3 saturated carbocycles. The van der Waals surface area contributed by atoms with E-state index in [-0.39, 0.29) is 22.2 Å². The van der Waals surface area contributed by atoms with Gasteiger partial charge in [-0.25, -0.2) is 0 Å². The molecule has 0 aromatic carbocycles. The van der Waals surface area contributed by atoms with Crippen molar-refractivity contribution in [2.75, 3.05) is 7.05 Å². The van der Waals surface area contributed by atoms with Crippen LogP contribution in [0.4, 0.5) is 0 Å². The largest absolute Gasteiger partial charge is 0.481 e. The molecule has 194 valence electrons. The van der Waals surface area contributed by atoms with Crippen molar-refractivity contribution >= 4 is 5.97 Å². The summed E-state index contributed by atoms with van der Waals surface area (Å²) in [6.45, 7) is 14.2. The quantitative estimate of drug-likeness (QED) is 0.404. The van der Waals surface area contributed by atoms with E-state index in [1.54, 1.807) is 5.57 Å². The average molecular weight is 474 g/mol. The Morgan fingerprint density at radius 3 is 2.32 bits per heavy atom. The second-order valence-electron chi connectivity index (χ2n) is 13.6. The Bertz CT molecular complexity index is 824. The van der Waals surface area contributed by atoms with Gasteiger partial charge in [-0.3, -0.25) is 4.79 Å². The van der Waals surface area contributed by atoms with E-state index in [4.69, 9.17) is 0 Å². The van der Waals surface area contributed by atoms with Gasteiger partial charge in [0.15, 0.2) is 0 Å². The molecule has 4 heteroatoms. The van der Waals surface area contributed by atoms with E-state index in [0.29, 0.717) is 30.2 Å². The Morgan fingerprint density at radius 2 is 1.68 bits per heavy atom. The lowest BCUT2D eigenvalue weighted by Gasteiger charge is -2.69. The van der Waals surface area contributed by atoms with Gasteiger partial charge < -0.3 is 15.5 Å². The lowest BCUT2D eigenvalue weighted by atomic mass is 9.36. The van der Waals surface area contributed by atoms with E-state index in [0.717, 1.165) is 25.7 Å². The minimum atomic E-state index is -1.05. The van der Waals surface area contributed by atoms with Crippen molar-refractivity contribution in [3.8, 4) is 0 Å². The summed E-state index contributed by atoms with van der Waals surface area (Å²) in [7, 11) is 2.15. The van der Waals surface area contributed by atoms with Gasteiger partial charge in [0.2, 0.25) is 0 Å². The fourth-order valence-electron chi connectivity index (χ4n) is 9.83. The van der Waals surface area contributed by atoms with Crippen molar-refractivity contribution in [1.29, 1.82) is 0 Å². The zero-order valence-electron chi connectivity index (χ0n) is 22.9. The first-order chi connectivity index (χ1) is 15.9. The SMILES string of the molecule is CNC1C2=CCC3C4(C)CCC(O)C(C)(C(=O)O)C4CCC3(C)C2(C)CCCCCC(C)C1C. The first-order valence-electron chi connectivity index (χ1n) is 14.2. The molecule has 0 aromatic heterocycles. The van der Waals surface area contributed by atoms with Gasteiger partial charge in [-0.1, -0.05) is 72.0 Å². The number of aliphatic hydroxyl groups excluding tert-OH is 1. The number of carboxylic acids is 1. The van der Waals surface area contributed by atoms with Crippen LogP contribution in [0, 0.1) is 45.3 Å². The Morgan fingerprint density at radius 1 is 0.971 bits per heavy atom. The van der Waals surface area contributed by atoms with E-state index in [1.165, 1.54) is 32.1 Å². The highest BCUT2D eigenvalue weighted by Gasteiger charge is 2.68. The van der Waals surface area contributed by atoms with Crippen molar-refractivity contribution in [2.45, 2.75) is 118 Å². The minimum Gasteiger partial charge on any atom is -0.481 e. The molecule has 0 aliphatic heterocycles. The number of rotatable bonds is 2. The highest BCUT2D eigenvalue weighted by atomic mass is 16.4. The normalized spacial score (nSPS) is 51.9. The molecule has 0 bridgehead atoms. The molecule has 4 nitrogen and oxygen atoms in total. The summed E-state index contributed by atoms with van der Waals surface area (Å²) >= 11 is 0. The van der Waals surface area contributed by atoms with Crippen molar-refractivity contribution in [3.05, 3.63) is 11.6 Å². The first-order valence-corrected chi connectivity index (χ1v) is 14.2. The van der Waals surface area contributed by atoms with Crippen LogP contribution in [0.5, 0.6) is 0 Å². The zero-order valence-corrected chi connectivity index (χ0v) is 22.9. The molecule has 0 saturated heterocycles. The lowest BCUT2D eigenvalue weighted by molar-refractivity contribution is -0.212. The number of aliphatic carboxylic acids is 1. The molecule has 0 aromatic rings. The second-order valence-corrected chi connectivity index (χ2v) is 13.6. The van der Waals surface area contributed by atoms with Gasteiger partial charge in [0, 0.05) is 6.04 Å². The number of hydrogen-bond acceptors (Lipinski definition) is 3. The molecule has 10 atom stereocenters. The van der Waals surface area contributed by atoms with Crippen molar-refractivity contribution in [3.63, 3.8) is 0 Å². The molecule has 3 N–H and O–H groups in total. The summed E-state index contributed by atoms with van der Waals surface area (Å²) in [5.74, 6) is 0.967. The van der Waals surface area contributed by atoms with Crippen LogP contribution < -0.4 is 5.32 Å². The van der Waals surface area contributed by atoms with Gasteiger partial charge in [-0.15, -0.1) is 0 Å². The number of likely N-dealkylation sites (N-methyl/N-ethyl adjacent to an activating group) is 1. The van der Waals surface area contributed by atoms with Crippen molar-refractivity contribution < 1.29 is 15.0 Å². The molecular weight excluding hydrogens is 422 g/mol. The van der Waals surface area contributed by atoms with E-state index in [9.17, 15) is 15.0 Å². The number of fused-ring (bicyclic) bond motifs is 5. The van der Waals surface area contributed by atoms with Gasteiger partial charge in [-0.2, -0.15) is 0 Å². The summed E-state index contributed by atoms with van der Waals surface area (Å²) in [6, 6.07) is 0.402. The number of nitrogens with one attached hydrogen (secondary N) is 1. The van der Waals surface area contributed by atoms with Gasteiger partial charge in [-0.05, 0) is 92.4 Å². The fourth-order valence-corrected chi connectivity index (χ4v) is 9.83. The van der Waals surface area contributed by atoms with Crippen LogP contribution in [0.1, 0.15) is 106 Å². The van der Waals surface area contributed by atoms with Crippen molar-refractivity contribution in [1.82, 2.24) is 5.32 Å². The van der Waals surface area contributed by atoms with Crippen LogP contribution in [0.2, 0.25) is 0 Å². The highest BCUT2D eigenvalue weighted by Crippen LogP contribution is 2.72. The summed E-state index contributed by atoms with van der Waals surface area (Å²) in [4.78, 5) is 12.5. The maximum absolute atomic E-state index is 12.5. The molecular formula is C30H51NO3. The molecule has 0 radical (unpaired) electrons. The predicted octanol–water partition coefficient (Wildman–Crippen LogP) is 6.43. The molecule has 4 aliphatic carbocycles. The molecule has 0 amide bonds. The van der Waals surface area contributed by atoms with Gasteiger partial charge in [0.25, 0.3) is 0 Å². The third-order valence-corrected chi connectivity index (χ3v) is 12.5. The summed E-state index contributed by atoms with van der Waals surface area (Å²) in [6.07, 6.45) is 12.8. The second kappa shape index (κ2) is 8.91. The molecule has 4 rings (SSSR count). The van der Waals surface area contributed by atoms with Crippen LogP contribution in [-0.4, -0.2) is 35.4 Å². The molecule has 10 unspecified atom stereocenters. The van der Waals surface area contributed by atoms with Crippen LogP contribution in [-0.2, 0) is 4.79 Å². The number of allylic oxidation sites excluding steroid dienone is 1. The summed E-state index contributed by atoms with van der Waals surface area (Å²) < 4.78 is 0. The third-order valence-electron chi connectivity index (χ3n) is 12.5. The standard InChI is InChI=1S/C30H51NO3/c1-19-11-9-8-10-16-28(4)21(25(31-7)20(19)2)12-13-22-27(3)17-15-24(32)30(6,26(33)34)23(27)14-18-29(22,28)5/h12,19-20,22-25,31-32H,8-11,13-18H2,1-7H3,(H,33,34). The fraction of sp³-hybridized carbons (Fsp3) is 0.900. The molecule has 3 fully saturated rings. The first kappa shape index (κ1) is 26.2. The van der Waals surface area contributed by atoms with Crippen LogP contribution in [0.3, 0.4) is 0 Å². The van der Waals surface area contributed by atoms with E-state index >= 15 is 0 Å². The number of aliphatic hydroxyl groups is 1. The topological polar surface area (TPSA) is 69.6 Å². The summed E-state index contributed by atoms with van der Waals surface area (Å²) in [5.41, 5.74) is 0.773. The van der Waals surface area contributed by atoms with Crippen LogP contribution >= 0.6 is 0 Å². The average Bonchev–Trinajstić information content (AvgIpc) is 2.78. The Labute approximate surface area is 208 Å². The minimum absolute atomic E-state index is 0.0245. The maximum Gasteiger partial charge on any atom is 0.312 e. The Hall–Kier alpha value is -0.870. The molecule has 4 aliphatic rings. The Kier molecular flexibility index (Phi) is 6.86. The number of carboxylic acid groups (broad SMARTS) is 1. The summed E-state index contributed by atoms with van der Waals surface area (Å²) in [5, 5.41) is 24.9. The maximum atomic E-state index is 12.5. The van der Waals surface area contributed by atoms with Crippen molar-refractivity contribution in [2.24, 2.45) is 45.3 Å². The smallest absolute Gasteiger partial charge is 0.312 e. The zero-order chi connectivity index (χ0) is 25.1. The predicted molar refractivity (Wildman–Crippen MR) is 138 cm³/mol. The van der Waals surface area contributed by atoms with Crippen LogP contribution in [0.25, 0.3) is 0 Å². The van der Waals surface area contributed by atoms with E-state index in [1.807, 2.05) is 6.92 Å². The van der Waals surface area contributed by atoms with E-state index in [2.05, 4.69) is 53.1 Å². The molecule has 0 spiro atoms. The molecule has 0 heterocycles. The van der Waals surface area contributed by atoms with Gasteiger partial charge in [0.1, 0.15) is 0 Å². The van der Waals surface area contributed by atoms with Gasteiger partial charge in [0.05, 0.1) is 11.5 Å².